The van der Waals surface area contributed by atoms with E-state index in [1.54, 1.807) is 0 Å². The molecule has 5 heteroatoms. The maximum atomic E-state index is 11.0. The normalized spacial score (nSPS) is 35.7. The Hall–Kier alpha value is -0.130. The molecule has 2 rings (SSSR count). The minimum absolute atomic E-state index is 0.497. The first-order valence-electron chi connectivity index (χ1n) is 6.72. The highest BCUT2D eigenvalue weighted by atomic mass is 32.2. The Bertz CT molecular complexity index is 328. The molecule has 1 aliphatic heterocycles. The largest absolute Gasteiger partial charge is 0.316 e. The molecule has 1 heterocycles. The van der Waals surface area contributed by atoms with Gasteiger partial charge < -0.3 is 5.32 Å². The van der Waals surface area contributed by atoms with Crippen LogP contribution in [0.5, 0.6) is 0 Å². The molecule has 0 aromatic carbocycles. The van der Waals surface area contributed by atoms with Crippen LogP contribution in [0.15, 0.2) is 0 Å². The number of rotatable bonds is 3. The Morgan fingerprint density at radius 3 is 2.29 bits per heavy atom. The van der Waals surface area contributed by atoms with Crippen molar-refractivity contribution in [3.05, 3.63) is 0 Å². The molecular weight excluding hydrogens is 238 g/mol. The molecule has 2 N–H and O–H groups in total. The standard InChI is InChI=1S/C12H23NO3S/c14-17(15,16)12-5-3-10(4-6-12)8-11-2-1-7-13-9-11/h10-13H,1-9H2,(H,14,15,16). The molecule has 0 aromatic heterocycles. The molecule has 0 bridgehead atoms. The number of hydrogen-bond acceptors (Lipinski definition) is 3. The van der Waals surface area contributed by atoms with Gasteiger partial charge in [-0.25, -0.2) is 0 Å². The van der Waals surface area contributed by atoms with E-state index in [9.17, 15) is 8.42 Å². The van der Waals surface area contributed by atoms with Gasteiger partial charge >= 0.3 is 0 Å². The summed E-state index contributed by atoms with van der Waals surface area (Å²) in [7, 11) is -3.79. The van der Waals surface area contributed by atoms with Crippen molar-refractivity contribution in [3.8, 4) is 0 Å². The van der Waals surface area contributed by atoms with Gasteiger partial charge in [-0.1, -0.05) is 0 Å². The van der Waals surface area contributed by atoms with Gasteiger partial charge in [0, 0.05) is 0 Å². The summed E-state index contributed by atoms with van der Waals surface area (Å²) in [5.74, 6) is 1.44. The zero-order chi connectivity index (χ0) is 12.3. The summed E-state index contributed by atoms with van der Waals surface area (Å²) in [6, 6.07) is 0. The number of piperidine rings is 1. The van der Waals surface area contributed by atoms with Crippen LogP contribution in [0.2, 0.25) is 0 Å². The highest BCUT2D eigenvalue weighted by molar-refractivity contribution is 7.86. The second kappa shape index (κ2) is 5.67. The first-order chi connectivity index (χ1) is 8.05. The van der Waals surface area contributed by atoms with E-state index in [0.717, 1.165) is 31.8 Å². The predicted octanol–water partition coefficient (Wildman–Crippen LogP) is 1.82. The second-order valence-electron chi connectivity index (χ2n) is 5.61. The minimum Gasteiger partial charge on any atom is -0.316 e. The van der Waals surface area contributed by atoms with Gasteiger partial charge in [0.1, 0.15) is 0 Å². The SMILES string of the molecule is O=S(=O)(O)C1CCC(CC2CCCNC2)CC1. The van der Waals surface area contributed by atoms with Crippen LogP contribution in [-0.4, -0.2) is 31.3 Å². The van der Waals surface area contributed by atoms with Crippen molar-refractivity contribution in [2.45, 2.75) is 50.2 Å². The Kier molecular flexibility index (Phi) is 4.44. The van der Waals surface area contributed by atoms with Crippen LogP contribution in [0.25, 0.3) is 0 Å². The summed E-state index contributed by atoms with van der Waals surface area (Å²) in [6.45, 7) is 2.27. The lowest BCUT2D eigenvalue weighted by atomic mass is 9.80. The predicted molar refractivity (Wildman–Crippen MR) is 67.5 cm³/mol. The van der Waals surface area contributed by atoms with Crippen molar-refractivity contribution in [2.75, 3.05) is 13.1 Å². The topological polar surface area (TPSA) is 66.4 Å². The van der Waals surface area contributed by atoms with Gasteiger partial charge in [-0.15, -0.1) is 0 Å². The molecule has 1 saturated heterocycles. The molecule has 17 heavy (non-hydrogen) atoms. The van der Waals surface area contributed by atoms with Crippen molar-refractivity contribution in [3.63, 3.8) is 0 Å². The van der Waals surface area contributed by atoms with Crippen LogP contribution >= 0.6 is 0 Å². The lowest BCUT2D eigenvalue weighted by Gasteiger charge is -2.31. The molecule has 100 valence electrons. The second-order valence-corrected chi connectivity index (χ2v) is 7.30. The van der Waals surface area contributed by atoms with E-state index >= 15 is 0 Å². The zero-order valence-corrected chi connectivity index (χ0v) is 11.1. The molecule has 1 unspecified atom stereocenters. The third-order valence-corrected chi connectivity index (χ3v) is 5.59. The van der Waals surface area contributed by atoms with Gasteiger partial charge in [-0.3, -0.25) is 4.55 Å². The van der Waals surface area contributed by atoms with Gasteiger partial charge in [0.05, 0.1) is 5.25 Å². The molecule has 0 spiro atoms. The average Bonchev–Trinajstić information content (AvgIpc) is 2.30. The van der Waals surface area contributed by atoms with Crippen LogP contribution in [0, 0.1) is 11.8 Å². The molecule has 2 aliphatic rings. The quantitative estimate of drug-likeness (QED) is 0.761. The van der Waals surface area contributed by atoms with Crippen LogP contribution in [0.3, 0.4) is 0 Å². The fraction of sp³-hybridized carbons (Fsp3) is 1.00. The summed E-state index contributed by atoms with van der Waals surface area (Å²) in [4.78, 5) is 0. The molecule has 1 atom stereocenters. The first kappa shape index (κ1) is 13.3. The molecule has 1 saturated carbocycles. The minimum atomic E-state index is -3.79. The highest BCUT2D eigenvalue weighted by Gasteiger charge is 2.30. The summed E-state index contributed by atoms with van der Waals surface area (Å²) in [5.41, 5.74) is 0. The van der Waals surface area contributed by atoms with Crippen LogP contribution in [-0.2, 0) is 10.1 Å². The van der Waals surface area contributed by atoms with E-state index in [1.807, 2.05) is 0 Å². The molecule has 0 radical (unpaired) electrons. The van der Waals surface area contributed by atoms with E-state index < -0.39 is 15.4 Å². The fourth-order valence-corrected chi connectivity index (χ4v) is 4.13. The van der Waals surface area contributed by atoms with Gasteiger partial charge in [0.25, 0.3) is 10.1 Å². The van der Waals surface area contributed by atoms with E-state index in [4.69, 9.17) is 4.55 Å². The van der Waals surface area contributed by atoms with Gasteiger partial charge in [-0.05, 0) is 69.9 Å². The Balaban J connectivity index is 1.75. The summed E-state index contributed by atoms with van der Waals surface area (Å²) in [5, 5.41) is 2.92. The first-order valence-corrected chi connectivity index (χ1v) is 8.23. The molecular formula is C12H23NO3S. The number of hydrogen-bond donors (Lipinski definition) is 2. The third kappa shape index (κ3) is 3.93. The van der Waals surface area contributed by atoms with Crippen molar-refractivity contribution in [2.24, 2.45) is 11.8 Å². The summed E-state index contributed by atoms with van der Waals surface area (Å²) < 4.78 is 31.1. The van der Waals surface area contributed by atoms with Crippen molar-refractivity contribution in [1.82, 2.24) is 5.32 Å². The maximum Gasteiger partial charge on any atom is 0.267 e. The van der Waals surface area contributed by atoms with Crippen LogP contribution in [0.4, 0.5) is 0 Å². The van der Waals surface area contributed by atoms with E-state index in [1.165, 1.54) is 19.3 Å². The lowest BCUT2D eigenvalue weighted by Crippen LogP contribution is -2.32. The third-order valence-electron chi connectivity index (χ3n) is 4.28. The molecule has 0 aromatic rings. The fourth-order valence-electron chi connectivity index (χ4n) is 3.26. The number of nitrogens with one attached hydrogen (secondary N) is 1. The Morgan fingerprint density at radius 1 is 1.06 bits per heavy atom. The van der Waals surface area contributed by atoms with E-state index in [-0.39, 0.29) is 0 Å². The van der Waals surface area contributed by atoms with Crippen molar-refractivity contribution < 1.29 is 13.0 Å². The van der Waals surface area contributed by atoms with Crippen LogP contribution in [0.1, 0.15) is 44.9 Å². The van der Waals surface area contributed by atoms with E-state index in [2.05, 4.69) is 5.32 Å². The monoisotopic (exact) mass is 261 g/mol. The van der Waals surface area contributed by atoms with E-state index in [0.29, 0.717) is 18.8 Å². The maximum absolute atomic E-state index is 11.0. The Labute approximate surface area is 104 Å². The molecule has 2 fully saturated rings. The van der Waals surface area contributed by atoms with Crippen molar-refractivity contribution in [1.29, 1.82) is 0 Å². The zero-order valence-electron chi connectivity index (χ0n) is 10.3. The van der Waals surface area contributed by atoms with Crippen LogP contribution < -0.4 is 5.32 Å². The summed E-state index contributed by atoms with van der Waals surface area (Å²) in [6.07, 6.45) is 7.01. The molecule has 1 aliphatic carbocycles. The highest BCUT2D eigenvalue weighted by Crippen LogP contribution is 2.33. The molecule has 4 nitrogen and oxygen atoms in total. The average molecular weight is 261 g/mol. The smallest absolute Gasteiger partial charge is 0.267 e. The summed E-state index contributed by atoms with van der Waals surface area (Å²) >= 11 is 0. The van der Waals surface area contributed by atoms with Gasteiger partial charge in [0.15, 0.2) is 0 Å². The van der Waals surface area contributed by atoms with Crippen molar-refractivity contribution >= 4 is 10.1 Å². The lowest BCUT2D eigenvalue weighted by molar-refractivity contribution is 0.252. The van der Waals surface area contributed by atoms with Gasteiger partial charge in [0.2, 0.25) is 0 Å². The Morgan fingerprint density at radius 2 is 1.76 bits per heavy atom. The molecule has 0 amide bonds. The van der Waals surface area contributed by atoms with Gasteiger partial charge in [-0.2, -0.15) is 8.42 Å².